The number of nitrogens with one attached hydrogen (secondary N) is 1. The second kappa shape index (κ2) is 10.1. The maximum atomic E-state index is 11.7. The molecule has 1 amide bonds. The molecule has 6 nitrogen and oxygen atoms in total. The Morgan fingerprint density at radius 3 is 2.85 bits per heavy atom. The summed E-state index contributed by atoms with van der Waals surface area (Å²) < 4.78 is 10.8. The summed E-state index contributed by atoms with van der Waals surface area (Å²) in [5.74, 6) is 0.0578. The molecule has 1 saturated heterocycles. The predicted octanol–water partition coefficient (Wildman–Crippen LogP) is 0.000900. The molecule has 1 aliphatic heterocycles. The van der Waals surface area contributed by atoms with Crippen LogP contribution in [0, 0.1) is 0 Å². The van der Waals surface area contributed by atoms with Crippen LogP contribution in [0.25, 0.3) is 0 Å². The Balaban J connectivity index is 2.01. The third kappa shape index (κ3) is 6.65. The molecule has 0 aromatic rings. The number of hydrogen-bond acceptors (Lipinski definition) is 5. The molecule has 118 valence electrons. The average Bonchev–Trinajstić information content (AvgIpc) is 2.93. The van der Waals surface area contributed by atoms with Gasteiger partial charge in [0.15, 0.2) is 0 Å². The van der Waals surface area contributed by atoms with Crippen LogP contribution >= 0.6 is 0 Å². The molecule has 2 N–H and O–H groups in total. The summed E-state index contributed by atoms with van der Waals surface area (Å²) in [5, 5.41) is 12.7. The molecule has 1 aliphatic rings. The van der Waals surface area contributed by atoms with Crippen molar-refractivity contribution in [2.45, 2.75) is 38.9 Å². The fourth-order valence-electron chi connectivity index (χ4n) is 2.20. The number of ether oxygens (including phenoxy) is 2. The Hall–Kier alpha value is -0.690. The summed E-state index contributed by atoms with van der Waals surface area (Å²) in [5.41, 5.74) is 0. The van der Waals surface area contributed by atoms with Crippen molar-refractivity contribution in [1.29, 1.82) is 0 Å². The Morgan fingerprint density at radius 1 is 1.50 bits per heavy atom. The summed E-state index contributed by atoms with van der Waals surface area (Å²) >= 11 is 0. The van der Waals surface area contributed by atoms with Crippen LogP contribution in [-0.4, -0.2) is 74.1 Å². The summed E-state index contributed by atoms with van der Waals surface area (Å²) in [6.45, 7) is 7.56. The largest absolute Gasteiger partial charge is 0.389 e. The number of aliphatic hydroxyl groups is 1. The van der Waals surface area contributed by atoms with Crippen LogP contribution in [0.15, 0.2) is 0 Å². The molecular weight excluding hydrogens is 260 g/mol. The Morgan fingerprint density at radius 2 is 2.25 bits per heavy atom. The average molecular weight is 288 g/mol. The van der Waals surface area contributed by atoms with E-state index in [1.807, 2.05) is 13.8 Å². The molecular formula is C14H28N2O4. The van der Waals surface area contributed by atoms with Crippen molar-refractivity contribution >= 4 is 5.91 Å². The van der Waals surface area contributed by atoms with Gasteiger partial charge in [-0.1, -0.05) is 0 Å². The van der Waals surface area contributed by atoms with Crippen LogP contribution in [0.1, 0.15) is 26.7 Å². The lowest BCUT2D eigenvalue weighted by Gasteiger charge is -2.19. The monoisotopic (exact) mass is 288 g/mol. The van der Waals surface area contributed by atoms with Gasteiger partial charge in [-0.2, -0.15) is 0 Å². The van der Waals surface area contributed by atoms with E-state index in [2.05, 4.69) is 5.32 Å². The molecule has 0 radical (unpaired) electrons. The number of rotatable bonds is 10. The van der Waals surface area contributed by atoms with E-state index in [1.165, 1.54) is 0 Å². The van der Waals surface area contributed by atoms with Gasteiger partial charge in [-0.05, 0) is 26.7 Å². The van der Waals surface area contributed by atoms with Crippen molar-refractivity contribution in [2.75, 3.05) is 46.0 Å². The van der Waals surface area contributed by atoms with Gasteiger partial charge in [-0.3, -0.25) is 4.79 Å². The first-order valence-corrected chi connectivity index (χ1v) is 7.53. The van der Waals surface area contributed by atoms with E-state index < -0.39 is 6.10 Å². The minimum atomic E-state index is -0.596. The van der Waals surface area contributed by atoms with Gasteiger partial charge in [-0.25, -0.2) is 0 Å². The quantitative estimate of drug-likeness (QED) is 0.592. The van der Waals surface area contributed by atoms with E-state index in [-0.39, 0.29) is 25.2 Å². The number of carbonyl (C=O) groups excluding carboxylic acids is 1. The zero-order chi connectivity index (χ0) is 14.8. The molecule has 1 rings (SSSR count). The van der Waals surface area contributed by atoms with Crippen molar-refractivity contribution in [3.05, 3.63) is 0 Å². The number of nitrogens with zero attached hydrogens (tertiary/aromatic N) is 1. The first-order chi connectivity index (χ1) is 9.67. The van der Waals surface area contributed by atoms with Gasteiger partial charge in [0.2, 0.25) is 5.91 Å². The summed E-state index contributed by atoms with van der Waals surface area (Å²) in [7, 11) is 0. The zero-order valence-electron chi connectivity index (χ0n) is 12.6. The molecule has 1 fully saturated rings. The van der Waals surface area contributed by atoms with Gasteiger partial charge in [-0.15, -0.1) is 0 Å². The van der Waals surface area contributed by atoms with Gasteiger partial charge < -0.3 is 24.8 Å². The van der Waals surface area contributed by atoms with Crippen molar-refractivity contribution in [3.8, 4) is 0 Å². The SMILES string of the molecule is CCN(CC)C(=O)CNCC(O)COCC1CCCO1. The van der Waals surface area contributed by atoms with Crippen LogP contribution in [0.2, 0.25) is 0 Å². The number of likely N-dealkylation sites (N-methyl/N-ethyl adjacent to an activating group) is 1. The highest BCUT2D eigenvalue weighted by Crippen LogP contribution is 2.11. The lowest BCUT2D eigenvalue weighted by Crippen LogP contribution is -2.41. The number of aliphatic hydroxyl groups excluding tert-OH is 1. The van der Waals surface area contributed by atoms with Crippen molar-refractivity contribution < 1.29 is 19.4 Å². The van der Waals surface area contributed by atoms with Crippen LogP contribution in [0.3, 0.4) is 0 Å². The lowest BCUT2D eigenvalue weighted by atomic mass is 10.2. The second-order valence-electron chi connectivity index (χ2n) is 5.02. The molecule has 6 heteroatoms. The minimum Gasteiger partial charge on any atom is -0.389 e. The van der Waals surface area contributed by atoms with E-state index in [9.17, 15) is 9.90 Å². The minimum absolute atomic E-state index is 0.0578. The van der Waals surface area contributed by atoms with Crippen molar-refractivity contribution in [3.63, 3.8) is 0 Å². The zero-order valence-corrected chi connectivity index (χ0v) is 12.6. The Bertz CT molecular complexity index is 266. The normalized spacial score (nSPS) is 20.1. The van der Waals surface area contributed by atoms with Crippen LogP contribution < -0.4 is 5.32 Å². The standard InChI is InChI=1S/C14H28N2O4/c1-3-16(4-2)14(18)9-15-8-12(17)10-19-11-13-6-5-7-20-13/h12-13,15,17H,3-11H2,1-2H3. The molecule has 0 saturated carbocycles. The van der Waals surface area contributed by atoms with Gasteiger partial charge in [0.25, 0.3) is 0 Å². The van der Waals surface area contributed by atoms with E-state index in [0.717, 1.165) is 19.4 Å². The van der Waals surface area contributed by atoms with Gasteiger partial charge in [0, 0.05) is 26.2 Å². The molecule has 1 heterocycles. The Labute approximate surface area is 121 Å². The Kier molecular flexibility index (Phi) is 8.77. The van der Waals surface area contributed by atoms with E-state index in [4.69, 9.17) is 9.47 Å². The summed E-state index contributed by atoms with van der Waals surface area (Å²) in [6.07, 6.45) is 1.71. The predicted molar refractivity (Wildman–Crippen MR) is 76.6 cm³/mol. The van der Waals surface area contributed by atoms with Gasteiger partial charge >= 0.3 is 0 Å². The maximum Gasteiger partial charge on any atom is 0.236 e. The van der Waals surface area contributed by atoms with E-state index in [0.29, 0.717) is 26.2 Å². The van der Waals surface area contributed by atoms with Gasteiger partial charge in [0.05, 0.1) is 32.0 Å². The molecule has 0 aromatic heterocycles. The summed E-state index contributed by atoms with van der Waals surface area (Å²) in [4.78, 5) is 13.5. The number of carbonyl (C=O) groups is 1. The fourth-order valence-corrected chi connectivity index (χ4v) is 2.20. The molecule has 2 atom stereocenters. The highest BCUT2D eigenvalue weighted by Gasteiger charge is 2.16. The van der Waals surface area contributed by atoms with Gasteiger partial charge in [0.1, 0.15) is 0 Å². The maximum absolute atomic E-state index is 11.7. The molecule has 20 heavy (non-hydrogen) atoms. The smallest absolute Gasteiger partial charge is 0.236 e. The first-order valence-electron chi connectivity index (χ1n) is 7.53. The van der Waals surface area contributed by atoms with Crippen LogP contribution in [-0.2, 0) is 14.3 Å². The molecule has 0 bridgehead atoms. The number of amides is 1. The highest BCUT2D eigenvalue weighted by molar-refractivity contribution is 5.78. The van der Waals surface area contributed by atoms with Crippen LogP contribution in [0.4, 0.5) is 0 Å². The summed E-state index contributed by atoms with van der Waals surface area (Å²) in [6, 6.07) is 0. The second-order valence-corrected chi connectivity index (χ2v) is 5.02. The third-order valence-corrected chi connectivity index (χ3v) is 3.41. The molecule has 0 aliphatic carbocycles. The highest BCUT2D eigenvalue weighted by atomic mass is 16.5. The molecule has 2 unspecified atom stereocenters. The van der Waals surface area contributed by atoms with Crippen molar-refractivity contribution in [2.24, 2.45) is 0 Å². The topological polar surface area (TPSA) is 71.0 Å². The first kappa shape index (κ1) is 17.4. The lowest BCUT2D eigenvalue weighted by molar-refractivity contribution is -0.129. The van der Waals surface area contributed by atoms with E-state index >= 15 is 0 Å². The van der Waals surface area contributed by atoms with Crippen LogP contribution in [0.5, 0.6) is 0 Å². The van der Waals surface area contributed by atoms with E-state index in [1.54, 1.807) is 4.90 Å². The van der Waals surface area contributed by atoms with Crippen molar-refractivity contribution in [1.82, 2.24) is 10.2 Å². The molecule has 0 spiro atoms. The number of hydrogen-bond donors (Lipinski definition) is 2. The third-order valence-electron chi connectivity index (χ3n) is 3.41. The molecule has 0 aromatic carbocycles. The fraction of sp³-hybridized carbons (Fsp3) is 0.929.